The normalized spacial score (nSPS) is 20.1. The van der Waals surface area contributed by atoms with Crippen LogP contribution < -0.4 is 0 Å². The van der Waals surface area contributed by atoms with Crippen molar-refractivity contribution in [2.24, 2.45) is 0 Å². The van der Waals surface area contributed by atoms with Crippen LogP contribution >= 0.6 is 0 Å². The molecule has 1 aromatic rings. The highest BCUT2D eigenvalue weighted by atomic mass is 16.7. The number of nitrogens with zero attached hydrogens (tertiary/aromatic N) is 2. The van der Waals surface area contributed by atoms with Crippen molar-refractivity contribution in [3.8, 4) is 0 Å². The third kappa shape index (κ3) is 1.93. The maximum absolute atomic E-state index is 5.44. The van der Waals surface area contributed by atoms with Gasteiger partial charge in [0.25, 0.3) is 0 Å². The zero-order valence-corrected chi connectivity index (χ0v) is 8.45. The SMILES string of the molecule is CCc1nc(CC2(C)OCCO2)no1. The van der Waals surface area contributed by atoms with E-state index in [1.165, 1.54) is 0 Å². The number of hydrogen-bond donors (Lipinski definition) is 0. The lowest BCUT2D eigenvalue weighted by Crippen LogP contribution is -2.28. The Kier molecular flexibility index (Phi) is 2.52. The third-order valence-electron chi connectivity index (χ3n) is 2.19. The lowest BCUT2D eigenvalue weighted by Gasteiger charge is -2.19. The monoisotopic (exact) mass is 198 g/mol. The van der Waals surface area contributed by atoms with Crippen LogP contribution in [0.2, 0.25) is 0 Å². The minimum absolute atomic E-state index is 0.538. The molecule has 1 aromatic heterocycles. The van der Waals surface area contributed by atoms with Crippen molar-refractivity contribution in [3.63, 3.8) is 0 Å². The smallest absolute Gasteiger partial charge is 0.226 e. The van der Waals surface area contributed by atoms with E-state index in [1.54, 1.807) is 0 Å². The first-order valence-corrected chi connectivity index (χ1v) is 4.81. The summed E-state index contributed by atoms with van der Waals surface area (Å²) >= 11 is 0. The summed E-state index contributed by atoms with van der Waals surface area (Å²) in [6, 6.07) is 0. The van der Waals surface area contributed by atoms with E-state index in [9.17, 15) is 0 Å². The molecular weight excluding hydrogens is 184 g/mol. The van der Waals surface area contributed by atoms with Gasteiger partial charge in [0.2, 0.25) is 5.89 Å². The summed E-state index contributed by atoms with van der Waals surface area (Å²) in [6.07, 6.45) is 1.29. The molecule has 0 N–H and O–H groups in total. The molecule has 1 fully saturated rings. The van der Waals surface area contributed by atoms with Crippen LogP contribution in [-0.4, -0.2) is 29.1 Å². The van der Waals surface area contributed by atoms with E-state index in [1.807, 2.05) is 13.8 Å². The Bertz CT molecular complexity index is 305. The number of ether oxygens (including phenoxy) is 2. The van der Waals surface area contributed by atoms with Gasteiger partial charge >= 0.3 is 0 Å². The third-order valence-corrected chi connectivity index (χ3v) is 2.19. The molecular formula is C9H14N2O3. The predicted molar refractivity (Wildman–Crippen MR) is 47.7 cm³/mol. The van der Waals surface area contributed by atoms with Gasteiger partial charge in [-0.25, -0.2) is 0 Å². The summed E-state index contributed by atoms with van der Waals surface area (Å²) in [5.74, 6) is 0.724. The van der Waals surface area contributed by atoms with Gasteiger partial charge in [-0.3, -0.25) is 0 Å². The Morgan fingerprint density at radius 3 is 2.64 bits per heavy atom. The molecule has 2 rings (SSSR count). The second-order valence-corrected chi connectivity index (χ2v) is 3.47. The average molecular weight is 198 g/mol. The van der Waals surface area contributed by atoms with Crippen molar-refractivity contribution >= 4 is 0 Å². The van der Waals surface area contributed by atoms with Gasteiger partial charge in [0.05, 0.1) is 19.6 Å². The Labute approximate surface area is 82.4 Å². The highest BCUT2D eigenvalue weighted by Gasteiger charge is 2.32. The molecule has 14 heavy (non-hydrogen) atoms. The first-order valence-electron chi connectivity index (χ1n) is 4.81. The minimum Gasteiger partial charge on any atom is -0.347 e. The summed E-state index contributed by atoms with van der Waals surface area (Å²) < 4.78 is 15.9. The summed E-state index contributed by atoms with van der Waals surface area (Å²) in [7, 11) is 0. The molecule has 0 saturated carbocycles. The van der Waals surface area contributed by atoms with Crippen LogP contribution in [-0.2, 0) is 22.3 Å². The van der Waals surface area contributed by atoms with E-state index < -0.39 is 5.79 Å². The van der Waals surface area contributed by atoms with E-state index in [4.69, 9.17) is 14.0 Å². The van der Waals surface area contributed by atoms with Gasteiger partial charge in [-0.15, -0.1) is 0 Å². The first kappa shape index (κ1) is 9.61. The summed E-state index contributed by atoms with van der Waals surface area (Å²) in [4.78, 5) is 4.20. The molecule has 0 radical (unpaired) electrons. The van der Waals surface area contributed by atoms with Crippen molar-refractivity contribution in [3.05, 3.63) is 11.7 Å². The van der Waals surface area contributed by atoms with Crippen LogP contribution in [0, 0.1) is 0 Å². The molecule has 5 heteroatoms. The lowest BCUT2D eigenvalue weighted by atomic mass is 10.2. The molecule has 1 saturated heterocycles. The zero-order chi connectivity index (χ0) is 10.0. The van der Waals surface area contributed by atoms with Gasteiger partial charge in [-0.2, -0.15) is 4.98 Å². The molecule has 0 amide bonds. The predicted octanol–water partition coefficient (Wildman–Crippen LogP) is 0.938. The number of aryl methyl sites for hydroxylation is 1. The van der Waals surface area contributed by atoms with Crippen LogP contribution in [0.1, 0.15) is 25.6 Å². The molecule has 0 spiro atoms. The standard InChI is InChI=1S/C9H14N2O3/c1-3-8-10-7(11-14-8)6-9(2)12-4-5-13-9/h3-6H2,1-2H3. The van der Waals surface area contributed by atoms with Crippen molar-refractivity contribution in [2.45, 2.75) is 32.5 Å². The van der Waals surface area contributed by atoms with Crippen molar-refractivity contribution < 1.29 is 14.0 Å². The largest absolute Gasteiger partial charge is 0.347 e. The Morgan fingerprint density at radius 1 is 1.36 bits per heavy atom. The topological polar surface area (TPSA) is 57.4 Å². The molecule has 0 aromatic carbocycles. The van der Waals surface area contributed by atoms with Crippen molar-refractivity contribution in [2.75, 3.05) is 13.2 Å². The van der Waals surface area contributed by atoms with Crippen LogP contribution in [0.4, 0.5) is 0 Å². The second kappa shape index (κ2) is 3.67. The molecule has 1 aliphatic heterocycles. The Morgan fingerprint density at radius 2 is 2.07 bits per heavy atom. The van der Waals surface area contributed by atoms with Gasteiger partial charge < -0.3 is 14.0 Å². The van der Waals surface area contributed by atoms with Crippen LogP contribution in [0.15, 0.2) is 4.52 Å². The lowest BCUT2D eigenvalue weighted by molar-refractivity contribution is -0.141. The maximum atomic E-state index is 5.44. The summed E-state index contributed by atoms with van der Waals surface area (Å²) in [6.45, 7) is 5.13. The number of hydrogen-bond acceptors (Lipinski definition) is 5. The molecule has 0 bridgehead atoms. The molecule has 0 unspecified atom stereocenters. The van der Waals surface area contributed by atoms with Gasteiger partial charge in [0, 0.05) is 6.42 Å². The Balaban J connectivity index is 2.02. The molecule has 78 valence electrons. The van der Waals surface area contributed by atoms with Crippen LogP contribution in [0.3, 0.4) is 0 Å². The molecule has 2 heterocycles. The fourth-order valence-electron chi connectivity index (χ4n) is 1.45. The minimum atomic E-state index is -0.575. The van der Waals surface area contributed by atoms with Crippen molar-refractivity contribution in [1.29, 1.82) is 0 Å². The average Bonchev–Trinajstić information content (AvgIpc) is 2.75. The molecule has 0 atom stereocenters. The van der Waals surface area contributed by atoms with Crippen LogP contribution in [0.25, 0.3) is 0 Å². The highest BCUT2D eigenvalue weighted by molar-refractivity contribution is 4.91. The number of aromatic nitrogens is 2. The van der Waals surface area contributed by atoms with E-state index in [0.717, 1.165) is 6.42 Å². The highest BCUT2D eigenvalue weighted by Crippen LogP contribution is 2.22. The second-order valence-electron chi connectivity index (χ2n) is 3.47. The molecule has 1 aliphatic rings. The first-order chi connectivity index (χ1) is 6.72. The summed E-state index contributed by atoms with van der Waals surface area (Å²) in [5.41, 5.74) is 0. The molecule has 0 aliphatic carbocycles. The van der Waals surface area contributed by atoms with E-state index >= 15 is 0 Å². The van der Waals surface area contributed by atoms with E-state index in [-0.39, 0.29) is 0 Å². The van der Waals surface area contributed by atoms with Gasteiger partial charge in [0.15, 0.2) is 11.6 Å². The van der Waals surface area contributed by atoms with Gasteiger partial charge in [-0.05, 0) is 6.92 Å². The number of rotatable bonds is 3. The summed E-state index contributed by atoms with van der Waals surface area (Å²) in [5, 5.41) is 3.85. The fourth-order valence-corrected chi connectivity index (χ4v) is 1.45. The zero-order valence-electron chi connectivity index (χ0n) is 8.45. The van der Waals surface area contributed by atoms with E-state index in [2.05, 4.69) is 10.1 Å². The van der Waals surface area contributed by atoms with Crippen molar-refractivity contribution in [1.82, 2.24) is 10.1 Å². The quantitative estimate of drug-likeness (QED) is 0.723. The fraction of sp³-hybridized carbons (Fsp3) is 0.778. The Hall–Kier alpha value is -0.940. The maximum Gasteiger partial charge on any atom is 0.226 e. The van der Waals surface area contributed by atoms with Crippen LogP contribution in [0.5, 0.6) is 0 Å². The van der Waals surface area contributed by atoms with Gasteiger partial charge in [0.1, 0.15) is 0 Å². The van der Waals surface area contributed by atoms with Gasteiger partial charge in [-0.1, -0.05) is 12.1 Å². The molecule has 5 nitrogen and oxygen atoms in total. The van der Waals surface area contributed by atoms with E-state index in [0.29, 0.717) is 31.3 Å².